The smallest absolute Gasteiger partial charge is 0.303 e. The van der Waals surface area contributed by atoms with Crippen molar-refractivity contribution in [1.82, 2.24) is 26.2 Å². The number of Topliss-reactive ketones (excluding diaryl/α,β-unsaturated/α-hetero) is 1. The summed E-state index contributed by atoms with van der Waals surface area (Å²) in [6.45, 7) is 3.31. The first-order chi connectivity index (χ1) is 29.3. The van der Waals surface area contributed by atoms with Gasteiger partial charge in [0.1, 0.15) is 18.1 Å². The molecule has 0 bridgehead atoms. The van der Waals surface area contributed by atoms with Gasteiger partial charge in [0.05, 0.1) is 31.7 Å². The van der Waals surface area contributed by atoms with Gasteiger partial charge < -0.3 is 41.7 Å². The van der Waals surface area contributed by atoms with E-state index < -0.39 is 89.9 Å². The summed E-state index contributed by atoms with van der Waals surface area (Å²) in [4.78, 5) is 107. The van der Waals surface area contributed by atoms with Crippen LogP contribution in [0.25, 0.3) is 0 Å². The van der Waals surface area contributed by atoms with Gasteiger partial charge in [-0.3, -0.25) is 38.4 Å². The molecular weight excluding hydrogens is 785 g/mol. The summed E-state index contributed by atoms with van der Waals surface area (Å²) >= 11 is 0. The highest BCUT2D eigenvalue weighted by Gasteiger charge is 2.45. The molecule has 0 radical (unpaired) electrons. The number of benzene rings is 2. The molecular formula is C45H62N6O10. The first kappa shape index (κ1) is 48.0. The van der Waals surface area contributed by atoms with Crippen molar-refractivity contribution in [2.24, 2.45) is 11.7 Å². The van der Waals surface area contributed by atoms with Crippen LogP contribution in [0, 0.1) is 5.92 Å². The zero-order valence-electron chi connectivity index (χ0n) is 35.3. The second-order valence-electron chi connectivity index (χ2n) is 16.1. The minimum absolute atomic E-state index is 0.0149. The second kappa shape index (κ2) is 24.6. The molecule has 0 spiro atoms. The summed E-state index contributed by atoms with van der Waals surface area (Å²) < 4.78 is 6.24. The molecule has 0 aromatic heterocycles. The summed E-state index contributed by atoms with van der Waals surface area (Å²) in [6, 6.07) is 13.9. The van der Waals surface area contributed by atoms with E-state index in [9.17, 15) is 43.5 Å². The lowest BCUT2D eigenvalue weighted by Gasteiger charge is -2.35. The Kier molecular flexibility index (Phi) is 19.4. The molecule has 1 aliphatic heterocycles. The number of nitrogens with one attached hydrogen (secondary N) is 4. The Morgan fingerprint density at radius 3 is 2.10 bits per heavy atom. The van der Waals surface area contributed by atoms with E-state index in [2.05, 4.69) is 21.3 Å². The third kappa shape index (κ3) is 15.1. The van der Waals surface area contributed by atoms with Crippen LogP contribution in [0.4, 0.5) is 0 Å². The standard InChI is InChI=1S/C45H62N6O10/c1-3-5-22-35(42(46)57)48-38(53)26-47-44(59)41(56)34(15-4-2)49-43(58)36-25-33(61-28-29-16-9-6-10-17-29)27-51(36)45(60)40(31-20-13-8-14-21-31)50-37(52)23-32(24-39(54)55)30-18-11-7-12-19-30/h6-7,9-12,16-19,31-36,40H,3-5,8,13-15,20-28H2,1-2H3,(H2,46,57)(H,47,59)(H,48,53)(H,49,58)(H,50,52)(H,54,55). The lowest BCUT2D eigenvalue weighted by Crippen LogP contribution is -2.58. The van der Waals surface area contributed by atoms with Crippen molar-refractivity contribution < 1.29 is 48.2 Å². The van der Waals surface area contributed by atoms with Gasteiger partial charge in [-0.2, -0.15) is 0 Å². The number of nitrogens with two attached hydrogens (primary N) is 1. The minimum Gasteiger partial charge on any atom is -0.481 e. The molecule has 4 rings (SSSR count). The highest BCUT2D eigenvalue weighted by atomic mass is 16.5. The van der Waals surface area contributed by atoms with E-state index in [1.54, 1.807) is 37.3 Å². The number of carboxylic acid groups (broad SMARTS) is 1. The highest BCUT2D eigenvalue weighted by molar-refractivity contribution is 6.38. The van der Waals surface area contributed by atoms with E-state index in [-0.39, 0.29) is 44.8 Å². The average molecular weight is 847 g/mol. The van der Waals surface area contributed by atoms with Crippen molar-refractivity contribution in [3.63, 3.8) is 0 Å². The van der Waals surface area contributed by atoms with Crippen molar-refractivity contribution in [3.05, 3.63) is 71.8 Å². The average Bonchev–Trinajstić information content (AvgIpc) is 3.70. The van der Waals surface area contributed by atoms with E-state index in [0.29, 0.717) is 37.7 Å². The summed E-state index contributed by atoms with van der Waals surface area (Å²) in [5, 5.41) is 20.1. The predicted molar refractivity (Wildman–Crippen MR) is 225 cm³/mol. The van der Waals surface area contributed by atoms with Gasteiger partial charge in [0.25, 0.3) is 5.91 Å². The molecule has 332 valence electrons. The third-order valence-corrected chi connectivity index (χ3v) is 11.4. The van der Waals surface area contributed by atoms with Crippen LogP contribution in [0.2, 0.25) is 0 Å². The number of aliphatic carboxylic acids is 1. The third-order valence-electron chi connectivity index (χ3n) is 11.4. The molecule has 6 amide bonds. The van der Waals surface area contributed by atoms with E-state index in [0.717, 1.165) is 31.2 Å². The number of primary amides is 1. The van der Waals surface area contributed by atoms with Gasteiger partial charge in [-0.1, -0.05) is 113 Å². The number of hydrogen-bond acceptors (Lipinski definition) is 9. The van der Waals surface area contributed by atoms with Gasteiger partial charge in [0.15, 0.2) is 0 Å². The number of hydrogen-bond donors (Lipinski definition) is 6. The van der Waals surface area contributed by atoms with Crippen LogP contribution in [-0.2, 0) is 49.7 Å². The molecule has 2 fully saturated rings. The van der Waals surface area contributed by atoms with E-state index in [1.807, 2.05) is 37.3 Å². The van der Waals surface area contributed by atoms with Crippen molar-refractivity contribution in [2.75, 3.05) is 13.1 Å². The van der Waals surface area contributed by atoms with Crippen LogP contribution in [0.15, 0.2) is 60.7 Å². The van der Waals surface area contributed by atoms with Gasteiger partial charge >= 0.3 is 5.97 Å². The number of carbonyl (C=O) groups excluding carboxylic acids is 7. The maximum atomic E-state index is 14.8. The SMILES string of the molecule is CCCCC(NC(=O)CNC(=O)C(=O)C(CCC)NC(=O)C1CC(OCc2ccccc2)CN1C(=O)C(NC(=O)CC(CC(=O)O)c1ccccc1)C1CCCCC1)C(N)=O. The molecule has 6 atom stereocenters. The van der Waals surface area contributed by atoms with Gasteiger partial charge in [0, 0.05) is 25.3 Å². The first-order valence-corrected chi connectivity index (χ1v) is 21.5. The topological polar surface area (TPSA) is 243 Å². The Hall–Kier alpha value is -5.64. The van der Waals surface area contributed by atoms with Crippen LogP contribution < -0.4 is 27.0 Å². The van der Waals surface area contributed by atoms with Crippen LogP contribution >= 0.6 is 0 Å². The van der Waals surface area contributed by atoms with E-state index in [4.69, 9.17) is 10.5 Å². The van der Waals surface area contributed by atoms with Gasteiger partial charge in [-0.05, 0) is 42.7 Å². The molecule has 1 aliphatic carbocycles. The molecule has 61 heavy (non-hydrogen) atoms. The highest BCUT2D eigenvalue weighted by Crippen LogP contribution is 2.31. The van der Waals surface area contributed by atoms with Gasteiger partial charge in [-0.15, -0.1) is 0 Å². The van der Waals surface area contributed by atoms with Crippen LogP contribution in [0.5, 0.6) is 0 Å². The second-order valence-corrected chi connectivity index (χ2v) is 16.1. The van der Waals surface area contributed by atoms with Crippen molar-refractivity contribution in [2.45, 2.75) is 140 Å². The van der Waals surface area contributed by atoms with Crippen molar-refractivity contribution in [3.8, 4) is 0 Å². The zero-order valence-corrected chi connectivity index (χ0v) is 35.3. The lowest BCUT2D eigenvalue weighted by atomic mass is 9.83. The number of rotatable bonds is 24. The molecule has 2 aromatic carbocycles. The van der Waals surface area contributed by atoms with E-state index in [1.165, 1.54) is 4.90 Å². The van der Waals surface area contributed by atoms with Crippen LogP contribution in [-0.4, -0.2) is 101 Å². The maximum Gasteiger partial charge on any atom is 0.303 e. The molecule has 1 heterocycles. The normalized spacial score (nSPS) is 18.5. The number of unbranched alkanes of at least 4 members (excludes halogenated alkanes) is 1. The fourth-order valence-electron chi connectivity index (χ4n) is 8.10. The van der Waals surface area contributed by atoms with Crippen molar-refractivity contribution >= 4 is 47.2 Å². The molecule has 2 aliphatic rings. The molecule has 16 nitrogen and oxygen atoms in total. The monoisotopic (exact) mass is 846 g/mol. The summed E-state index contributed by atoms with van der Waals surface area (Å²) in [7, 11) is 0. The van der Waals surface area contributed by atoms with Crippen LogP contribution in [0.1, 0.15) is 114 Å². The summed E-state index contributed by atoms with van der Waals surface area (Å²) in [6.07, 6.45) is 5.23. The number of ether oxygens (including phenoxy) is 1. The summed E-state index contributed by atoms with van der Waals surface area (Å²) in [5.74, 6) is -7.14. The fraction of sp³-hybridized carbons (Fsp3) is 0.556. The Morgan fingerprint density at radius 1 is 0.803 bits per heavy atom. The zero-order chi connectivity index (χ0) is 44.3. The number of amides is 6. The van der Waals surface area contributed by atoms with Crippen LogP contribution in [0.3, 0.4) is 0 Å². The molecule has 1 saturated heterocycles. The minimum atomic E-state index is -1.29. The number of likely N-dealkylation sites (tertiary alicyclic amines) is 1. The van der Waals surface area contributed by atoms with Gasteiger partial charge in [0.2, 0.25) is 35.3 Å². The number of ketones is 1. The number of carboxylic acids is 1. The molecule has 6 unspecified atom stereocenters. The van der Waals surface area contributed by atoms with Crippen molar-refractivity contribution in [1.29, 1.82) is 0 Å². The number of carbonyl (C=O) groups is 8. The summed E-state index contributed by atoms with van der Waals surface area (Å²) in [5.41, 5.74) is 6.97. The fourth-order valence-corrected chi connectivity index (χ4v) is 8.10. The lowest BCUT2D eigenvalue weighted by molar-refractivity contribution is -0.144. The largest absolute Gasteiger partial charge is 0.481 e. The quantitative estimate of drug-likeness (QED) is 0.0844. The molecule has 7 N–H and O–H groups in total. The Morgan fingerprint density at radius 2 is 1.48 bits per heavy atom. The Bertz CT molecular complexity index is 1800. The van der Waals surface area contributed by atoms with Gasteiger partial charge in [-0.25, -0.2) is 0 Å². The maximum absolute atomic E-state index is 14.8. The Labute approximate surface area is 357 Å². The van der Waals surface area contributed by atoms with E-state index >= 15 is 0 Å². The molecule has 2 aromatic rings. The molecule has 1 saturated carbocycles. The predicted octanol–water partition coefficient (Wildman–Crippen LogP) is 3.02. The first-order valence-electron chi connectivity index (χ1n) is 21.5. The number of nitrogens with zero attached hydrogens (tertiary/aromatic N) is 1. The molecule has 16 heteroatoms. The Balaban J connectivity index is 1.53.